The fraction of sp³-hybridized carbons (Fsp3) is 0.923. The Balaban J connectivity index is 1.83. The topological polar surface area (TPSA) is 66.9 Å². The second-order valence-corrected chi connectivity index (χ2v) is 8.08. The van der Waals surface area contributed by atoms with E-state index in [4.69, 9.17) is 16.3 Å². The summed E-state index contributed by atoms with van der Waals surface area (Å²) in [5.41, 5.74) is 0. The number of nitrogens with zero attached hydrogens (tertiary/aromatic N) is 2. The van der Waals surface area contributed by atoms with Crippen LogP contribution in [0.1, 0.15) is 12.8 Å². The number of alkyl halides is 1. The van der Waals surface area contributed by atoms with Crippen LogP contribution in [-0.4, -0.2) is 86.9 Å². The second kappa shape index (κ2) is 7.76. The van der Waals surface area contributed by atoms with Gasteiger partial charge >= 0.3 is 0 Å². The number of sulfone groups is 1. The maximum Gasteiger partial charge on any atom is 0.237 e. The smallest absolute Gasteiger partial charge is 0.237 e. The van der Waals surface area contributed by atoms with Gasteiger partial charge in [0.05, 0.1) is 24.7 Å². The van der Waals surface area contributed by atoms with Gasteiger partial charge in [-0.1, -0.05) is 0 Å². The van der Waals surface area contributed by atoms with Gasteiger partial charge in [0.25, 0.3) is 0 Å². The molecule has 2 fully saturated rings. The minimum atomic E-state index is -2.99. The van der Waals surface area contributed by atoms with Crippen molar-refractivity contribution >= 4 is 27.3 Å². The minimum Gasteiger partial charge on any atom is -0.379 e. The Bertz CT molecular complexity index is 451. The molecule has 122 valence electrons. The molecule has 8 heteroatoms. The number of carbonyl (C=O) groups excluding carboxylic acids is 1. The van der Waals surface area contributed by atoms with Crippen LogP contribution in [0.2, 0.25) is 0 Å². The van der Waals surface area contributed by atoms with Gasteiger partial charge in [0.2, 0.25) is 5.91 Å². The predicted molar refractivity (Wildman–Crippen MR) is 81.4 cm³/mol. The molecule has 2 heterocycles. The molecule has 0 bridgehead atoms. The van der Waals surface area contributed by atoms with Gasteiger partial charge in [-0.25, -0.2) is 8.42 Å². The Morgan fingerprint density at radius 3 is 2.62 bits per heavy atom. The van der Waals surface area contributed by atoms with Gasteiger partial charge in [-0.15, -0.1) is 11.6 Å². The highest BCUT2D eigenvalue weighted by Gasteiger charge is 2.34. The lowest BCUT2D eigenvalue weighted by molar-refractivity contribution is -0.130. The Labute approximate surface area is 131 Å². The molecule has 2 rings (SSSR count). The zero-order valence-electron chi connectivity index (χ0n) is 12.2. The van der Waals surface area contributed by atoms with E-state index in [1.165, 1.54) is 0 Å². The van der Waals surface area contributed by atoms with Crippen LogP contribution in [0.15, 0.2) is 0 Å². The van der Waals surface area contributed by atoms with Crippen LogP contribution < -0.4 is 0 Å². The maximum atomic E-state index is 12.0. The number of ether oxygens (including phenoxy) is 1. The van der Waals surface area contributed by atoms with E-state index >= 15 is 0 Å². The van der Waals surface area contributed by atoms with Gasteiger partial charge in [-0.2, -0.15) is 0 Å². The number of morpholine rings is 1. The molecule has 1 atom stereocenters. The summed E-state index contributed by atoms with van der Waals surface area (Å²) in [5.74, 6) is -0.00479. The van der Waals surface area contributed by atoms with Crippen LogP contribution >= 0.6 is 11.6 Å². The second-order valence-electron chi connectivity index (χ2n) is 5.59. The van der Waals surface area contributed by atoms with Crippen molar-refractivity contribution in [2.75, 3.05) is 56.8 Å². The van der Waals surface area contributed by atoms with Crippen LogP contribution in [0.3, 0.4) is 0 Å². The molecule has 6 nitrogen and oxygen atoms in total. The van der Waals surface area contributed by atoms with Crippen molar-refractivity contribution in [2.45, 2.75) is 18.9 Å². The highest BCUT2D eigenvalue weighted by molar-refractivity contribution is 7.91. The standard InChI is InChI=1S/C13H23ClN2O4S/c14-10-13(17)16(12-2-9-21(18,19)11-12)4-1-3-15-5-7-20-8-6-15/h12H,1-11H2/t12-/m1/s1. The molecule has 0 N–H and O–H groups in total. The van der Waals surface area contributed by atoms with Crippen LogP contribution in [-0.2, 0) is 19.4 Å². The lowest BCUT2D eigenvalue weighted by Crippen LogP contribution is -2.44. The molecule has 0 aromatic carbocycles. The van der Waals surface area contributed by atoms with Crippen LogP contribution in [0.25, 0.3) is 0 Å². The third-order valence-electron chi connectivity index (χ3n) is 4.06. The predicted octanol–water partition coefficient (Wildman–Crippen LogP) is -0.0368. The Hall–Kier alpha value is -0.370. The van der Waals surface area contributed by atoms with E-state index in [0.717, 1.165) is 39.3 Å². The van der Waals surface area contributed by atoms with Gasteiger partial charge in [0.1, 0.15) is 5.88 Å². The van der Waals surface area contributed by atoms with E-state index in [1.807, 2.05) is 0 Å². The van der Waals surface area contributed by atoms with E-state index in [9.17, 15) is 13.2 Å². The van der Waals surface area contributed by atoms with Gasteiger partial charge in [-0.05, 0) is 12.8 Å². The number of hydrogen-bond acceptors (Lipinski definition) is 5. The highest BCUT2D eigenvalue weighted by Crippen LogP contribution is 2.18. The first-order chi connectivity index (χ1) is 10.0. The van der Waals surface area contributed by atoms with E-state index in [0.29, 0.717) is 13.0 Å². The van der Waals surface area contributed by atoms with Gasteiger partial charge in [-0.3, -0.25) is 9.69 Å². The molecule has 2 aliphatic heterocycles. The number of rotatable bonds is 6. The monoisotopic (exact) mass is 338 g/mol. The molecule has 1 amide bonds. The SMILES string of the molecule is O=C(CCl)N(CCCN1CCOCC1)[C@@H]1CCS(=O)(=O)C1. The van der Waals surface area contributed by atoms with E-state index in [-0.39, 0.29) is 29.3 Å². The summed E-state index contributed by atoms with van der Waals surface area (Å²) < 4.78 is 28.5. The number of carbonyl (C=O) groups is 1. The molecule has 0 unspecified atom stereocenters. The average molecular weight is 339 g/mol. The largest absolute Gasteiger partial charge is 0.379 e. The summed E-state index contributed by atoms with van der Waals surface area (Å²) in [6.07, 6.45) is 1.36. The molecule has 2 saturated heterocycles. The first-order valence-electron chi connectivity index (χ1n) is 7.38. The van der Waals surface area contributed by atoms with E-state index < -0.39 is 9.84 Å². The van der Waals surface area contributed by atoms with Crippen molar-refractivity contribution in [3.63, 3.8) is 0 Å². The molecular formula is C13H23ClN2O4S. The van der Waals surface area contributed by atoms with Gasteiger partial charge in [0, 0.05) is 32.2 Å². The molecule has 2 aliphatic rings. The minimum absolute atomic E-state index is 0.0766. The van der Waals surface area contributed by atoms with Crippen molar-refractivity contribution < 1.29 is 17.9 Å². The van der Waals surface area contributed by atoms with Crippen molar-refractivity contribution in [3.8, 4) is 0 Å². The van der Waals surface area contributed by atoms with Crippen molar-refractivity contribution in [1.29, 1.82) is 0 Å². The summed E-state index contributed by atoms with van der Waals surface area (Å²) in [6, 6.07) is -0.203. The molecule has 0 aromatic heterocycles. The lowest BCUT2D eigenvalue weighted by Gasteiger charge is -2.30. The van der Waals surface area contributed by atoms with Crippen LogP contribution in [0, 0.1) is 0 Å². The third-order valence-corrected chi connectivity index (χ3v) is 6.04. The van der Waals surface area contributed by atoms with Crippen molar-refractivity contribution in [1.82, 2.24) is 9.80 Å². The summed E-state index contributed by atoms with van der Waals surface area (Å²) in [6.45, 7) is 4.82. The van der Waals surface area contributed by atoms with Crippen LogP contribution in [0.5, 0.6) is 0 Å². The molecule has 0 aliphatic carbocycles. The Morgan fingerprint density at radius 1 is 1.33 bits per heavy atom. The Kier molecular flexibility index (Phi) is 6.28. The summed E-state index contributed by atoms with van der Waals surface area (Å²) in [5, 5.41) is 0. The normalized spacial score (nSPS) is 25.9. The molecule has 21 heavy (non-hydrogen) atoms. The average Bonchev–Trinajstić information content (AvgIpc) is 2.84. The summed E-state index contributed by atoms with van der Waals surface area (Å²) >= 11 is 5.66. The maximum absolute atomic E-state index is 12.0. The first kappa shape index (κ1) is 17.0. The summed E-state index contributed by atoms with van der Waals surface area (Å²) in [7, 11) is -2.99. The number of amides is 1. The van der Waals surface area contributed by atoms with Crippen LogP contribution in [0.4, 0.5) is 0 Å². The fourth-order valence-corrected chi connectivity index (χ4v) is 4.78. The zero-order valence-corrected chi connectivity index (χ0v) is 13.7. The van der Waals surface area contributed by atoms with E-state index in [1.54, 1.807) is 4.90 Å². The van der Waals surface area contributed by atoms with Gasteiger partial charge < -0.3 is 9.64 Å². The lowest BCUT2D eigenvalue weighted by atomic mass is 10.2. The van der Waals surface area contributed by atoms with Gasteiger partial charge in [0.15, 0.2) is 9.84 Å². The first-order valence-corrected chi connectivity index (χ1v) is 9.73. The van der Waals surface area contributed by atoms with Crippen molar-refractivity contribution in [3.05, 3.63) is 0 Å². The highest BCUT2D eigenvalue weighted by atomic mass is 35.5. The fourth-order valence-electron chi connectivity index (χ4n) is 2.90. The zero-order chi connectivity index (χ0) is 15.3. The number of hydrogen-bond donors (Lipinski definition) is 0. The third kappa shape index (κ3) is 5.09. The number of halogens is 1. The molecule has 0 saturated carbocycles. The molecule has 0 spiro atoms. The molecular weight excluding hydrogens is 316 g/mol. The molecule has 0 radical (unpaired) electrons. The Morgan fingerprint density at radius 2 is 2.05 bits per heavy atom. The molecule has 0 aromatic rings. The summed E-state index contributed by atoms with van der Waals surface area (Å²) in [4.78, 5) is 15.9. The van der Waals surface area contributed by atoms with E-state index in [2.05, 4.69) is 4.90 Å². The quantitative estimate of drug-likeness (QED) is 0.636. The van der Waals surface area contributed by atoms with Crippen molar-refractivity contribution in [2.24, 2.45) is 0 Å².